The standard InChI is InChI=1S/C9H9ClN2/c10-8-4-3-7(2-1-5-11)9(12)6-8/h3-4,6H,1-2,12H2. The highest BCUT2D eigenvalue weighted by molar-refractivity contribution is 6.30. The van der Waals surface area contributed by atoms with E-state index in [9.17, 15) is 0 Å². The van der Waals surface area contributed by atoms with Crippen molar-refractivity contribution in [1.29, 1.82) is 5.26 Å². The minimum absolute atomic E-state index is 0.492. The van der Waals surface area contributed by atoms with Gasteiger partial charge in [-0.25, -0.2) is 0 Å². The van der Waals surface area contributed by atoms with E-state index in [-0.39, 0.29) is 0 Å². The number of hydrogen-bond donors (Lipinski definition) is 1. The fourth-order valence-electron chi connectivity index (χ4n) is 0.984. The first-order valence-corrected chi connectivity index (χ1v) is 4.02. The monoisotopic (exact) mass is 180 g/mol. The van der Waals surface area contributed by atoms with Crippen LogP contribution < -0.4 is 5.73 Å². The summed E-state index contributed by atoms with van der Waals surface area (Å²) >= 11 is 5.71. The molecular formula is C9H9ClN2. The van der Waals surface area contributed by atoms with E-state index in [2.05, 4.69) is 6.07 Å². The number of nitrogens with two attached hydrogens (primary N) is 1. The minimum Gasteiger partial charge on any atom is -0.398 e. The number of halogens is 1. The molecule has 0 heterocycles. The van der Waals surface area contributed by atoms with Crippen LogP contribution in [0.25, 0.3) is 0 Å². The van der Waals surface area contributed by atoms with Gasteiger partial charge in [-0.05, 0) is 24.1 Å². The molecule has 62 valence electrons. The second kappa shape index (κ2) is 3.99. The third kappa shape index (κ3) is 2.14. The SMILES string of the molecule is N#CCCc1ccc(Cl)cc1N. The smallest absolute Gasteiger partial charge is 0.0625 e. The van der Waals surface area contributed by atoms with Crippen LogP contribution in [0.3, 0.4) is 0 Å². The molecule has 0 aromatic heterocycles. The molecule has 0 spiro atoms. The molecule has 0 bridgehead atoms. The molecule has 12 heavy (non-hydrogen) atoms. The molecule has 0 aliphatic heterocycles. The summed E-state index contributed by atoms with van der Waals surface area (Å²) < 4.78 is 0. The number of nitrogens with zero attached hydrogens (tertiary/aromatic N) is 1. The molecule has 0 atom stereocenters. The van der Waals surface area contributed by atoms with Gasteiger partial charge in [0.15, 0.2) is 0 Å². The number of benzene rings is 1. The average Bonchev–Trinajstić information content (AvgIpc) is 2.03. The zero-order valence-corrected chi connectivity index (χ0v) is 7.30. The van der Waals surface area contributed by atoms with Crippen LogP contribution in [0.2, 0.25) is 5.02 Å². The van der Waals surface area contributed by atoms with Gasteiger partial charge in [-0.3, -0.25) is 0 Å². The van der Waals surface area contributed by atoms with Gasteiger partial charge in [0, 0.05) is 17.1 Å². The van der Waals surface area contributed by atoms with Crippen LogP contribution in [0.4, 0.5) is 5.69 Å². The van der Waals surface area contributed by atoms with E-state index in [0.29, 0.717) is 23.6 Å². The van der Waals surface area contributed by atoms with Crippen LogP contribution >= 0.6 is 11.6 Å². The predicted octanol–water partition coefficient (Wildman–Crippen LogP) is 2.38. The molecule has 0 saturated heterocycles. The summed E-state index contributed by atoms with van der Waals surface area (Å²) in [4.78, 5) is 0. The highest BCUT2D eigenvalue weighted by Gasteiger charge is 1.98. The van der Waals surface area contributed by atoms with Gasteiger partial charge in [-0.2, -0.15) is 5.26 Å². The Balaban J connectivity index is 2.81. The summed E-state index contributed by atoms with van der Waals surface area (Å²) in [7, 11) is 0. The van der Waals surface area contributed by atoms with Crippen LogP contribution in [0, 0.1) is 11.3 Å². The van der Waals surface area contributed by atoms with Gasteiger partial charge in [0.2, 0.25) is 0 Å². The number of nitrogen functional groups attached to an aromatic ring is 1. The van der Waals surface area contributed by atoms with Crippen molar-refractivity contribution >= 4 is 17.3 Å². The Morgan fingerprint density at radius 1 is 1.50 bits per heavy atom. The molecule has 3 heteroatoms. The topological polar surface area (TPSA) is 49.8 Å². The van der Waals surface area contributed by atoms with Crippen molar-refractivity contribution in [3.8, 4) is 6.07 Å². The predicted molar refractivity (Wildman–Crippen MR) is 49.8 cm³/mol. The lowest BCUT2D eigenvalue weighted by Crippen LogP contribution is -1.93. The van der Waals surface area contributed by atoms with Crippen LogP contribution in [0.5, 0.6) is 0 Å². The molecule has 0 radical (unpaired) electrons. The molecule has 0 saturated carbocycles. The summed E-state index contributed by atoms with van der Waals surface area (Å²) in [6.07, 6.45) is 1.19. The third-order valence-corrected chi connectivity index (χ3v) is 1.85. The third-order valence-electron chi connectivity index (χ3n) is 1.61. The highest BCUT2D eigenvalue weighted by Crippen LogP contribution is 2.18. The largest absolute Gasteiger partial charge is 0.398 e. The summed E-state index contributed by atoms with van der Waals surface area (Å²) in [5, 5.41) is 8.99. The molecule has 2 N–H and O–H groups in total. The molecule has 1 aromatic rings. The highest BCUT2D eigenvalue weighted by atomic mass is 35.5. The Morgan fingerprint density at radius 2 is 2.25 bits per heavy atom. The first-order valence-electron chi connectivity index (χ1n) is 3.65. The lowest BCUT2D eigenvalue weighted by Gasteiger charge is -2.02. The summed E-state index contributed by atoms with van der Waals surface area (Å²) in [5.74, 6) is 0. The Bertz CT molecular complexity index is 315. The van der Waals surface area contributed by atoms with E-state index in [1.54, 1.807) is 12.1 Å². The molecule has 1 aromatic carbocycles. The van der Waals surface area contributed by atoms with Crippen molar-refractivity contribution in [3.63, 3.8) is 0 Å². The Hall–Kier alpha value is -1.20. The van der Waals surface area contributed by atoms with Crippen molar-refractivity contribution in [2.24, 2.45) is 0 Å². The fraction of sp³-hybridized carbons (Fsp3) is 0.222. The van der Waals surface area contributed by atoms with Gasteiger partial charge in [0.25, 0.3) is 0 Å². The molecule has 2 nitrogen and oxygen atoms in total. The summed E-state index contributed by atoms with van der Waals surface area (Å²) in [5.41, 5.74) is 7.32. The van der Waals surface area contributed by atoms with E-state index < -0.39 is 0 Å². The second-order valence-electron chi connectivity index (χ2n) is 2.50. The summed E-state index contributed by atoms with van der Waals surface area (Å²) in [6.45, 7) is 0. The molecule has 0 aliphatic carbocycles. The van der Waals surface area contributed by atoms with Gasteiger partial charge < -0.3 is 5.73 Å². The molecule has 1 rings (SSSR count). The zero-order valence-electron chi connectivity index (χ0n) is 6.55. The fourth-order valence-corrected chi connectivity index (χ4v) is 1.16. The van der Waals surface area contributed by atoms with Gasteiger partial charge in [0.05, 0.1) is 6.07 Å². The quantitative estimate of drug-likeness (QED) is 0.711. The first kappa shape index (κ1) is 8.89. The van der Waals surface area contributed by atoms with Crippen LogP contribution in [0.15, 0.2) is 18.2 Å². The number of anilines is 1. The number of rotatable bonds is 2. The Labute approximate surface area is 76.6 Å². The van der Waals surface area contributed by atoms with Crippen LogP contribution in [-0.4, -0.2) is 0 Å². The number of nitriles is 1. The Morgan fingerprint density at radius 3 is 2.83 bits per heavy atom. The van der Waals surface area contributed by atoms with E-state index >= 15 is 0 Å². The van der Waals surface area contributed by atoms with Crippen molar-refractivity contribution in [2.75, 3.05) is 5.73 Å². The summed E-state index contributed by atoms with van der Waals surface area (Å²) in [6, 6.07) is 7.41. The van der Waals surface area contributed by atoms with Gasteiger partial charge in [0.1, 0.15) is 0 Å². The maximum absolute atomic E-state index is 8.36. The lowest BCUT2D eigenvalue weighted by molar-refractivity contribution is 1.01. The van der Waals surface area contributed by atoms with E-state index in [1.807, 2.05) is 6.07 Å². The number of hydrogen-bond acceptors (Lipinski definition) is 2. The minimum atomic E-state index is 0.492. The maximum Gasteiger partial charge on any atom is 0.0625 e. The zero-order chi connectivity index (χ0) is 8.97. The van der Waals surface area contributed by atoms with Crippen LogP contribution in [0.1, 0.15) is 12.0 Å². The Kier molecular flexibility index (Phi) is 2.95. The van der Waals surface area contributed by atoms with Crippen molar-refractivity contribution in [1.82, 2.24) is 0 Å². The molecule has 0 amide bonds. The van der Waals surface area contributed by atoms with E-state index in [4.69, 9.17) is 22.6 Å². The van der Waals surface area contributed by atoms with Gasteiger partial charge >= 0.3 is 0 Å². The molecular weight excluding hydrogens is 172 g/mol. The lowest BCUT2D eigenvalue weighted by atomic mass is 10.1. The van der Waals surface area contributed by atoms with Crippen molar-refractivity contribution < 1.29 is 0 Å². The van der Waals surface area contributed by atoms with E-state index in [0.717, 1.165) is 5.56 Å². The molecule has 0 fully saturated rings. The van der Waals surface area contributed by atoms with Gasteiger partial charge in [-0.15, -0.1) is 0 Å². The normalized spacial score (nSPS) is 9.33. The first-order chi connectivity index (χ1) is 5.74. The maximum atomic E-state index is 8.36. The van der Waals surface area contributed by atoms with Crippen molar-refractivity contribution in [3.05, 3.63) is 28.8 Å². The number of aryl methyl sites for hydroxylation is 1. The van der Waals surface area contributed by atoms with Crippen LogP contribution in [-0.2, 0) is 6.42 Å². The second-order valence-corrected chi connectivity index (χ2v) is 2.94. The van der Waals surface area contributed by atoms with E-state index in [1.165, 1.54) is 0 Å². The molecule has 0 aliphatic rings. The average molecular weight is 181 g/mol. The van der Waals surface area contributed by atoms with Gasteiger partial charge in [-0.1, -0.05) is 17.7 Å². The molecule has 0 unspecified atom stereocenters. The van der Waals surface area contributed by atoms with Crippen molar-refractivity contribution in [2.45, 2.75) is 12.8 Å².